The fourth-order valence-electron chi connectivity index (χ4n) is 4.39. The summed E-state index contributed by atoms with van der Waals surface area (Å²) in [6, 6.07) is 5.55. The molecule has 2 amide bonds. The highest BCUT2D eigenvalue weighted by molar-refractivity contribution is 7.91. The zero-order valence-corrected chi connectivity index (χ0v) is 22.5. The van der Waals surface area contributed by atoms with Gasteiger partial charge in [0, 0.05) is 29.1 Å². The molecular formula is C25H30N4O6S2. The van der Waals surface area contributed by atoms with Crippen molar-refractivity contribution in [2.75, 3.05) is 13.1 Å². The third-order valence-electron chi connectivity index (χ3n) is 6.29. The summed E-state index contributed by atoms with van der Waals surface area (Å²) in [4.78, 5) is 43.2. The lowest BCUT2D eigenvalue weighted by atomic mass is 10.0. The molecule has 10 nitrogen and oxygen atoms in total. The van der Waals surface area contributed by atoms with Crippen LogP contribution in [-0.4, -0.2) is 60.5 Å². The lowest BCUT2D eigenvalue weighted by Gasteiger charge is -2.23. The maximum atomic E-state index is 13.2. The number of fused-ring (bicyclic) bond motifs is 1. The maximum absolute atomic E-state index is 13.2. The van der Waals surface area contributed by atoms with Crippen LogP contribution in [0.3, 0.4) is 0 Å². The Morgan fingerprint density at radius 2 is 2.03 bits per heavy atom. The molecule has 3 aromatic rings. The highest BCUT2D eigenvalue weighted by Gasteiger charge is 2.35. The first kappa shape index (κ1) is 27.0. The van der Waals surface area contributed by atoms with Crippen LogP contribution in [0.5, 0.6) is 0 Å². The number of ketones is 1. The molecule has 1 saturated heterocycles. The van der Waals surface area contributed by atoms with Crippen molar-refractivity contribution in [3.63, 3.8) is 0 Å². The number of hydrogen-bond donors (Lipinski definition) is 2. The number of furan rings is 1. The number of sulfonamides is 1. The van der Waals surface area contributed by atoms with E-state index in [2.05, 4.69) is 15.6 Å². The van der Waals surface area contributed by atoms with Gasteiger partial charge in [0.2, 0.25) is 10.2 Å². The predicted molar refractivity (Wildman–Crippen MR) is 139 cm³/mol. The molecule has 198 valence electrons. The topological polar surface area (TPSA) is 139 Å². The molecule has 12 heteroatoms. The zero-order chi connectivity index (χ0) is 26.7. The summed E-state index contributed by atoms with van der Waals surface area (Å²) in [5, 5.41) is 7.90. The van der Waals surface area contributed by atoms with Crippen LogP contribution in [0.2, 0.25) is 0 Å². The van der Waals surface area contributed by atoms with Crippen LogP contribution in [0, 0.1) is 12.8 Å². The van der Waals surface area contributed by atoms with Crippen LogP contribution in [-0.2, 0) is 19.6 Å². The summed E-state index contributed by atoms with van der Waals surface area (Å²) in [5.74, 6) is -1.20. The van der Waals surface area contributed by atoms with Crippen LogP contribution in [0.1, 0.15) is 49.2 Å². The molecule has 0 bridgehead atoms. The molecule has 0 radical (unpaired) electrons. The molecule has 1 unspecified atom stereocenters. The SMILES string of the molecule is Cc1c(C(=O)N[C@@H](CC(C)C)C(=O)NC2CCCN(S(=O)(=O)c3nccs3)CC2=O)oc2ccccc12. The van der Waals surface area contributed by atoms with Gasteiger partial charge in [-0.1, -0.05) is 32.0 Å². The van der Waals surface area contributed by atoms with Crippen molar-refractivity contribution < 1.29 is 27.2 Å². The Hall–Kier alpha value is -3.09. The Balaban J connectivity index is 1.46. The normalized spacial score (nSPS) is 18.1. The van der Waals surface area contributed by atoms with E-state index in [-0.39, 0.29) is 29.1 Å². The average molecular weight is 547 g/mol. The van der Waals surface area contributed by atoms with E-state index in [9.17, 15) is 22.8 Å². The van der Waals surface area contributed by atoms with Crippen molar-refractivity contribution in [3.05, 3.63) is 47.2 Å². The number of para-hydroxylation sites is 1. The first-order chi connectivity index (χ1) is 17.6. The standard InChI is InChI=1S/C25H30N4O6S2/c1-15(2)13-19(28-24(32)22-16(3)17-7-4-5-9-21(17)35-22)23(31)27-18-8-6-11-29(14-20(18)30)37(33,34)25-26-10-12-36-25/h4-5,7,9-10,12,15,18-19H,6,8,11,13-14H2,1-3H3,(H,27,31)(H,28,32)/t18?,19-/m0/s1. The number of carbonyl (C=O) groups excluding carboxylic acids is 3. The number of amides is 2. The molecule has 2 aromatic heterocycles. The maximum Gasteiger partial charge on any atom is 0.287 e. The smallest absolute Gasteiger partial charge is 0.287 e. The minimum atomic E-state index is -3.88. The summed E-state index contributed by atoms with van der Waals surface area (Å²) in [7, 11) is -3.88. The zero-order valence-electron chi connectivity index (χ0n) is 20.9. The van der Waals surface area contributed by atoms with Crippen molar-refractivity contribution in [2.45, 2.75) is 56.5 Å². The van der Waals surface area contributed by atoms with E-state index in [4.69, 9.17) is 4.42 Å². The number of nitrogens with one attached hydrogen (secondary N) is 2. The number of Topliss-reactive ketones (excluding diaryl/α,β-unsaturated/α-hetero) is 1. The van der Waals surface area contributed by atoms with Gasteiger partial charge in [0.1, 0.15) is 11.6 Å². The molecule has 4 rings (SSSR count). The van der Waals surface area contributed by atoms with E-state index in [1.54, 1.807) is 18.4 Å². The summed E-state index contributed by atoms with van der Waals surface area (Å²) < 4.78 is 32.4. The third-order valence-corrected chi connectivity index (χ3v) is 9.31. The minimum Gasteiger partial charge on any atom is -0.451 e. The third kappa shape index (κ3) is 5.91. The molecule has 2 atom stereocenters. The molecule has 1 aliphatic rings. The van der Waals surface area contributed by atoms with Crippen LogP contribution in [0.25, 0.3) is 11.0 Å². The fraction of sp³-hybridized carbons (Fsp3) is 0.440. The predicted octanol–water partition coefficient (Wildman–Crippen LogP) is 2.88. The van der Waals surface area contributed by atoms with Crippen molar-refractivity contribution in [2.24, 2.45) is 5.92 Å². The van der Waals surface area contributed by atoms with Gasteiger partial charge < -0.3 is 15.1 Å². The van der Waals surface area contributed by atoms with Crippen LogP contribution in [0.15, 0.2) is 44.6 Å². The van der Waals surface area contributed by atoms with E-state index < -0.39 is 39.7 Å². The van der Waals surface area contributed by atoms with Gasteiger partial charge in [-0.3, -0.25) is 14.4 Å². The highest BCUT2D eigenvalue weighted by atomic mass is 32.2. The molecule has 0 spiro atoms. The van der Waals surface area contributed by atoms with E-state index >= 15 is 0 Å². The molecule has 2 N–H and O–H groups in total. The van der Waals surface area contributed by atoms with Gasteiger partial charge in [-0.15, -0.1) is 11.3 Å². The lowest BCUT2D eigenvalue weighted by Crippen LogP contribution is -2.52. The second-order valence-electron chi connectivity index (χ2n) is 9.51. The second-order valence-corrected chi connectivity index (χ2v) is 12.5. The first-order valence-corrected chi connectivity index (χ1v) is 14.4. The van der Waals surface area contributed by atoms with E-state index in [0.29, 0.717) is 30.4 Å². The largest absolute Gasteiger partial charge is 0.451 e. The number of aromatic nitrogens is 1. The summed E-state index contributed by atoms with van der Waals surface area (Å²) in [6.07, 6.45) is 2.43. The number of benzene rings is 1. The quantitative estimate of drug-likeness (QED) is 0.443. The Labute approximate surface area is 219 Å². The van der Waals surface area contributed by atoms with Gasteiger partial charge in [-0.05, 0) is 38.2 Å². The molecule has 3 heterocycles. The van der Waals surface area contributed by atoms with Crippen molar-refractivity contribution in [3.8, 4) is 0 Å². The van der Waals surface area contributed by atoms with E-state index in [1.165, 1.54) is 6.20 Å². The second kappa shape index (κ2) is 11.1. The lowest BCUT2D eigenvalue weighted by molar-refractivity contribution is -0.129. The number of carbonyl (C=O) groups is 3. The van der Waals surface area contributed by atoms with Gasteiger partial charge in [-0.2, -0.15) is 4.31 Å². The number of hydrogen-bond acceptors (Lipinski definition) is 8. The summed E-state index contributed by atoms with van der Waals surface area (Å²) in [5.41, 5.74) is 1.26. The summed E-state index contributed by atoms with van der Waals surface area (Å²) >= 11 is 0.989. The van der Waals surface area contributed by atoms with Gasteiger partial charge in [0.15, 0.2) is 11.5 Å². The molecular weight excluding hydrogens is 516 g/mol. The number of nitrogens with zero attached hydrogens (tertiary/aromatic N) is 2. The summed E-state index contributed by atoms with van der Waals surface area (Å²) in [6.45, 7) is 5.44. The van der Waals surface area contributed by atoms with E-state index in [1.807, 2.05) is 32.0 Å². The number of aryl methyl sites for hydroxylation is 1. The molecule has 37 heavy (non-hydrogen) atoms. The van der Waals surface area contributed by atoms with Crippen LogP contribution >= 0.6 is 11.3 Å². The number of rotatable bonds is 8. The number of thiazole rings is 1. The fourth-order valence-corrected chi connectivity index (χ4v) is 6.80. The van der Waals surface area contributed by atoms with Gasteiger partial charge in [0.25, 0.3) is 15.9 Å². The molecule has 1 aliphatic heterocycles. The molecule has 1 fully saturated rings. The first-order valence-electron chi connectivity index (χ1n) is 12.1. The molecule has 1 aromatic carbocycles. The van der Waals surface area contributed by atoms with Gasteiger partial charge >= 0.3 is 0 Å². The minimum absolute atomic E-state index is 0.0663. The van der Waals surface area contributed by atoms with Gasteiger partial charge in [0.05, 0.1) is 12.6 Å². The monoisotopic (exact) mass is 546 g/mol. The Kier molecular flexibility index (Phi) is 8.10. The highest BCUT2D eigenvalue weighted by Crippen LogP contribution is 2.25. The van der Waals surface area contributed by atoms with Crippen molar-refractivity contribution in [1.29, 1.82) is 0 Å². The van der Waals surface area contributed by atoms with Crippen LogP contribution < -0.4 is 10.6 Å². The van der Waals surface area contributed by atoms with Crippen molar-refractivity contribution >= 4 is 49.9 Å². The molecule has 0 saturated carbocycles. The molecule has 0 aliphatic carbocycles. The van der Waals surface area contributed by atoms with Crippen molar-refractivity contribution in [1.82, 2.24) is 19.9 Å². The van der Waals surface area contributed by atoms with E-state index in [0.717, 1.165) is 21.0 Å². The Bertz CT molecular complexity index is 1400. The van der Waals surface area contributed by atoms with Gasteiger partial charge in [-0.25, -0.2) is 13.4 Å². The average Bonchev–Trinajstić information content (AvgIpc) is 3.47. The Morgan fingerprint density at radius 3 is 2.70 bits per heavy atom. The van der Waals surface area contributed by atoms with Crippen LogP contribution in [0.4, 0.5) is 0 Å². The Morgan fingerprint density at radius 1 is 1.27 bits per heavy atom.